The average Bonchev–Trinajstić information content (AvgIpc) is 2.45. The van der Waals surface area contributed by atoms with Gasteiger partial charge in [0, 0.05) is 25.3 Å². The van der Waals surface area contributed by atoms with Gasteiger partial charge in [-0.15, -0.1) is 0 Å². The van der Waals surface area contributed by atoms with Gasteiger partial charge in [0.15, 0.2) is 0 Å². The highest BCUT2D eigenvalue weighted by molar-refractivity contribution is 7.92. The van der Waals surface area contributed by atoms with E-state index in [0.717, 1.165) is 31.6 Å². The van der Waals surface area contributed by atoms with Gasteiger partial charge in [-0.05, 0) is 50.2 Å². The molecule has 0 spiro atoms. The minimum Gasteiger partial charge on any atom is -0.371 e. The first kappa shape index (κ1) is 18.1. The smallest absolute Gasteiger partial charge is 0.371 e. The predicted octanol–water partition coefficient (Wildman–Crippen LogP) is 2.76. The second-order valence-corrected chi connectivity index (χ2v) is 8.09. The molecule has 1 aromatic rings. The molecule has 1 aromatic carbocycles. The molecule has 23 heavy (non-hydrogen) atoms. The van der Waals surface area contributed by atoms with E-state index in [2.05, 4.69) is 18.9 Å². The fraction of sp³-hybridized carbons (Fsp3) is 0.600. The van der Waals surface area contributed by atoms with Gasteiger partial charge in [-0.3, -0.25) is 0 Å². The van der Waals surface area contributed by atoms with E-state index >= 15 is 0 Å². The van der Waals surface area contributed by atoms with E-state index < -0.39 is 20.2 Å². The molecule has 0 bridgehead atoms. The Morgan fingerprint density at radius 1 is 1.22 bits per heavy atom. The van der Waals surface area contributed by atoms with Crippen LogP contribution in [-0.4, -0.2) is 52.1 Å². The van der Waals surface area contributed by atoms with Crippen molar-refractivity contribution >= 4 is 15.5 Å². The van der Waals surface area contributed by atoms with E-state index in [1.165, 1.54) is 12.1 Å². The summed E-state index contributed by atoms with van der Waals surface area (Å²) < 4.78 is 60.4. The molecule has 1 saturated heterocycles. The molecular weight excluding hydrogens is 329 g/mol. The number of rotatable bonds is 3. The van der Waals surface area contributed by atoms with Crippen molar-refractivity contribution in [3.8, 4) is 0 Å². The summed E-state index contributed by atoms with van der Waals surface area (Å²) in [5, 5.41) is 0. The number of halogens is 3. The van der Waals surface area contributed by atoms with Gasteiger partial charge < -0.3 is 9.80 Å². The summed E-state index contributed by atoms with van der Waals surface area (Å²) in [6, 6.07) is 5.19. The maximum absolute atomic E-state index is 12.6. The molecule has 0 aromatic heterocycles. The minimum absolute atomic E-state index is 0.274. The van der Waals surface area contributed by atoms with Crippen LogP contribution >= 0.6 is 0 Å². The SMILES string of the molecule is C[C@@H]1CN(C)CC[C@@H]1N(C)c1ccc(S(=O)(=O)C(F)(F)F)cc1. The average molecular weight is 350 g/mol. The normalized spacial score (nSPS) is 23.7. The van der Waals surface area contributed by atoms with E-state index in [1.54, 1.807) is 0 Å². The lowest BCUT2D eigenvalue weighted by atomic mass is 9.92. The number of benzene rings is 1. The van der Waals surface area contributed by atoms with E-state index in [-0.39, 0.29) is 6.04 Å². The Hall–Kier alpha value is -1.28. The maximum atomic E-state index is 12.6. The van der Waals surface area contributed by atoms with Gasteiger partial charge in [0.2, 0.25) is 0 Å². The van der Waals surface area contributed by atoms with Crippen molar-refractivity contribution < 1.29 is 21.6 Å². The van der Waals surface area contributed by atoms with Crippen molar-refractivity contribution in [3.05, 3.63) is 24.3 Å². The minimum atomic E-state index is -5.29. The van der Waals surface area contributed by atoms with Gasteiger partial charge in [-0.1, -0.05) is 6.92 Å². The van der Waals surface area contributed by atoms with Crippen LogP contribution < -0.4 is 4.90 Å². The van der Waals surface area contributed by atoms with Gasteiger partial charge in [0.1, 0.15) is 0 Å². The quantitative estimate of drug-likeness (QED) is 0.841. The lowest BCUT2D eigenvalue weighted by molar-refractivity contribution is -0.0436. The summed E-state index contributed by atoms with van der Waals surface area (Å²) in [7, 11) is -1.34. The molecule has 130 valence electrons. The first-order chi connectivity index (χ1) is 10.5. The van der Waals surface area contributed by atoms with Crippen LogP contribution in [0.3, 0.4) is 0 Å². The molecule has 0 saturated carbocycles. The molecular formula is C15H21F3N2O2S. The maximum Gasteiger partial charge on any atom is 0.501 e. The zero-order chi connectivity index (χ0) is 17.4. The van der Waals surface area contributed by atoms with Gasteiger partial charge in [0.05, 0.1) is 4.90 Å². The van der Waals surface area contributed by atoms with Crippen molar-refractivity contribution in [1.29, 1.82) is 0 Å². The Morgan fingerprint density at radius 2 is 1.78 bits per heavy atom. The summed E-state index contributed by atoms with van der Waals surface area (Å²) in [4.78, 5) is 3.54. The molecule has 0 aliphatic carbocycles. The third-order valence-corrected chi connectivity index (χ3v) is 5.92. The molecule has 0 amide bonds. The van der Waals surface area contributed by atoms with Gasteiger partial charge >= 0.3 is 5.51 Å². The second-order valence-electron chi connectivity index (χ2n) is 6.15. The molecule has 8 heteroatoms. The van der Waals surface area contributed by atoms with Gasteiger partial charge in [-0.2, -0.15) is 13.2 Å². The van der Waals surface area contributed by atoms with Crippen LogP contribution in [-0.2, 0) is 9.84 Å². The number of hydrogen-bond acceptors (Lipinski definition) is 4. The molecule has 1 aliphatic heterocycles. The number of alkyl halides is 3. The van der Waals surface area contributed by atoms with Crippen LogP contribution in [0.25, 0.3) is 0 Å². The highest BCUT2D eigenvalue weighted by Gasteiger charge is 2.46. The number of likely N-dealkylation sites (tertiary alicyclic amines) is 1. The largest absolute Gasteiger partial charge is 0.501 e. The summed E-state index contributed by atoms with van der Waals surface area (Å²) >= 11 is 0. The Bertz CT molecular complexity index is 644. The molecule has 0 N–H and O–H groups in total. The van der Waals surface area contributed by atoms with E-state index in [1.807, 2.05) is 11.9 Å². The first-order valence-electron chi connectivity index (χ1n) is 7.37. The zero-order valence-electron chi connectivity index (χ0n) is 13.3. The van der Waals surface area contributed by atoms with Crippen LogP contribution in [0.5, 0.6) is 0 Å². The van der Waals surface area contributed by atoms with Crippen molar-refractivity contribution in [2.75, 3.05) is 32.1 Å². The highest BCUT2D eigenvalue weighted by atomic mass is 32.2. The predicted molar refractivity (Wildman–Crippen MR) is 83.2 cm³/mol. The molecule has 0 unspecified atom stereocenters. The van der Waals surface area contributed by atoms with E-state index in [0.29, 0.717) is 11.6 Å². The third kappa shape index (κ3) is 3.63. The van der Waals surface area contributed by atoms with Crippen LogP contribution in [0.15, 0.2) is 29.2 Å². The lowest BCUT2D eigenvalue weighted by Crippen LogP contribution is -2.47. The van der Waals surface area contributed by atoms with Crippen molar-refractivity contribution in [1.82, 2.24) is 4.90 Å². The van der Waals surface area contributed by atoms with Crippen molar-refractivity contribution in [2.24, 2.45) is 5.92 Å². The Kier molecular flexibility index (Phi) is 4.96. The first-order valence-corrected chi connectivity index (χ1v) is 8.85. The van der Waals surface area contributed by atoms with Crippen molar-refractivity contribution in [2.45, 2.75) is 29.8 Å². The molecule has 4 nitrogen and oxygen atoms in total. The van der Waals surface area contributed by atoms with Gasteiger partial charge in [-0.25, -0.2) is 8.42 Å². The van der Waals surface area contributed by atoms with E-state index in [4.69, 9.17) is 0 Å². The Morgan fingerprint density at radius 3 is 2.26 bits per heavy atom. The Balaban J connectivity index is 2.20. The molecule has 0 radical (unpaired) electrons. The number of anilines is 1. The number of piperidine rings is 1. The summed E-state index contributed by atoms with van der Waals surface area (Å²) in [5.74, 6) is 0.414. The molecule has 1 fully saturated rings. The monoisotopic (exact) mass is 350 g/mol. The molecule has 2 rings (SSSR count). The highest BCUT2D eigenvalue weighted by Crippen LogP contribution is 2.32. The van der Waals surface area contributed by atoms with Crippen LogP contribution in [0.2, 0.25) is 0 Å². The fourth-order valence-electron chi connectivity index (χ4n) is 3.10. The second kappa shape index (κ2) is 6.32. The van der Waals surface area contributed by atoms with Crippen LogP contribution in [0.1, 0.15) is 13.3 Å². The molecule has 2 atom stereocenters. The summed E-state index contributed by atoms with van der Waals surface area (Å²) in [6.45, 7) is 4.05. The number of nitrogens with zero attached hydrogens (tertiary/aromatic N) is 2. The van der Waals surface area contributed by atoms with Crippen LogP contribution in [0, 0.1) is 5.92 Å². The standard InChI is InChI=1S/C15H21F3N2O2S/c1-11-10-19(2)9-8-14(11)20(3)12-4-6-13(7-5-12)23(21,22)15(16,17)18/h4-7,11,14H,8-10H2,1-3H3/t11-,14+/m1/s1. The van der Waals surface area contributed by atoms with Crippen LogP contribution in [0.4, 0.5) is 18.9 Å². The topological polar surface area (TPSA) is 40.6 Å². The Labute approximate surface area is 134 Å². The van der Waals surface area contributed by atoms with Gasteiger partial charge in [0.25, 0.3) is 9.84 Å². The summed E-state index contributed by atoms with van der Waals surface area (Å²) in [5.41, 5.74) is -4.56. The van der Waals surface area contributed by atoms with E-state index in [9.17, 15) is 21.6 Å². The van der Waals surface area contributed by atoms with Crippen molar-refractivity contribution in [3.63, 3.8) is 0 Å². The molecule has 1 aliphatic rings. The number of sulfone groups is 1. The number of hydrogen-bond donors (Lipinski definition) is 0. The summed E-state index contributed by atoms with van der Waals surface area (Å²) in [6.07, 6.45) is 0.955. The molecule has 1 heterocycles. The fourth-order valence-corrected chi connectivity index (χ4v) is 3.86. The zero-order valence-corrected chi connectivity index (χ0v) is 14.2. The lowest BCUT2D eigenvalue weighted by Gasteiger charge is -2.41. The third-order valence-electron chi connectivity index (χ3n) is 4.42.